The van der Waals surface area contributed by atoms with Crippen LogP contribution in [0, 0.1) is 0 Å². The van der Waals surface area contributed by atoms with Gasteiger partial charge in [0.15, 0.2) is 16.7 Å². The zero-order valence-electron chi connectivity index (χ0n) is 14.7. The van der Waals surface area contributed by atoms with Gasteiger partial charge >= 0.3 is 0 Å². The molecule has 0 saturated carbocycles. The largest absolute Gasteiger partial charge is 0.503 e. The summed E-state index contributed by atoms with van der Waals surface area (Å²) < 4.78 is 0. The minimum atomic E-state index is -0.729. The lowest BCUT2D eigenvalue weighted by Gasteiger charge is -2.24. The van der Waals surface area contributed by atoms with E-state index in [1.165, 1.54) is 22.3 Å². The fraction of sp³-hybridized carbons (Fsp3) is 0.0455. The van der Waals surface area contributed by atoms with E-state index in [0.717, 1.165) is 11.1 Å². The Bertz CT molecular complexity index is 1060. The van der Waals surface area contributed by atoms with Crippen molar-refractivity contribution >= 4 is 34.2 Å². The molecule has 5 nitrogen and oxygen atoms in total. The Kier molecular flexibility index (Phi) is 4.87. The molecule has 0 bridgehead atoms. The predicted octanol–water partition coefficient (Wildman–Crippen LogP) is 4.33. The first-order valence-electron chi connectivity index (χ1n) is 8.65. The van der Waals surface area contributed by atoms with Crippen LogP contribution >= 0.6 is 11.3 Å². The molecule has 0 radical (unpaired) electrons. The Morgan fingerprint density at radius 1 is 1.07 bits per heavy atom. The van der Waals surface area contributed by atoms with Gasteiger partial charge in [-0.1, -0.05) is 66.7 Å². The summed E-state index contributed by atoms with van der Waals surface area (Å²) in [6, 6.07) is 17.8. The molecule has 0 spiro atoms. The molecule has 6 heteroatoms. The van der Waals surface area contributed by atoms with Crippen molar-refractivity contribution in [3.8, 4) is 0 Å². The van der Waals surface area contributed by atoms with Crippen LogP contribution in [0.4, 0.5) is 5.13 Å². The van der Waals surface area contributed by atoms with Crippen LogP contribution < -0.4 is 4.90 Å². The molecule has 2 heterocycles. The summed E-state index contributed by atoms with van der Waals surface area (Å²) in [6.07, 6.45) is 4.64. The lowest BCUT2D eigenvalue weighted by molar-refractivity contribution is -0.117. The first-order chi connectivity index (χ1) is 13.7. The number of aliphatic hydroxyl groups excluding tert-OH is 1. The summed E-state index contributed by atoms with van der Waals surface area (Å²) in [5.41, 5.74) is 1.64. The monoisotopic (exact) mass is 388 g/mol. The second-order valence-electron chi connectivity index (χ2n) is 6.17. The summed E-state index contributed by atoms with van der Waals surface area (Å²) in [6.45, 7) is 0. The van der Waals surface area contributed by atoms with E-state index in [1.54, 1.807) is 17.7 Å². The minimum absolute atomic E-state index is 0.0542. The second kappa shape index (κ2) is 7.62. The lowest BCUT2D eigenvalue weighted by Crippen LogP contribution is -2.30. The minimum Gasteiger partial charge on any atom is -0.503 e. The maximum atomic E-state index is 13.0. The molecule has 1 amide bonds. The number of aliphatic hydroxyl groups is 1. The van der Waals surface area contributed by atoms with Crippen LogP contribution in [0.3, 0.4) is 0 Å². The quantitative estimate of drug-likeness (QED) is 0.661. The molecular formula is C22H16N2O3S. The number of carbonyl (C=O) groups excluding carboxylic acids is 2. The average Bonchev–Trinajstić information content (AvgIpc) is 3.35. The van der Waals surface area contributed by atoms with Crippen molar-refractivity contribution in [1.82, 2.24) is 4.98 Å². The molecule has 1 aromatic heterocycles. The number of nitrogens with zero attached hydrogens (tertiary/aromatic N) is 2. The van der Waals surface area contributed by atoms with Crippen LogP contribution in [0.15, 0.2) is 89.6 Å². The van der Waals surface area contributed by atoms with E-state index in [-0.39, 0.29) is 5.57 Å². The second-order valence-corrected chi connectivity index (χ2v) is 7.05. The van der Waals surface area contributed by atoms with Crippen molar-refractivity contribution < 1.29 is 14.7 Å². The number of hydrogen-bond acceptors (Lipinski definition) is 5. The Hall–Kier alpha value is -3.51. The van der Waals surface area contributed by atoms with E-state index in [2.05, 4.69) is 4.98 Å². The van der Waals surface area contributed by atoms with Crippen LogP contribution in [-0.2, 0) is 9.59 Å². The fourth-order valence-electron chi connectivity index (χ4n) is 3.17. The normalized spacial score (nSPS) is 16.9. The number of benzene rings is 2. The Morgan fingerprint density at radius 2 is 1.75 bits per heavy atom. The van der Waals surface area contributed by atoms with Gasteiger partial charge in [0.1, 0.15) is 0 Å². The lowest BCUT2D eigenvalue weighted by atomic mass is 9.96. The number of rotatable bonds is 5. The highest BCUT2D eigenvalue weighted by molar-refractivity contribution is 7.13. The van der Waals surface area contributed by atoms with E-state index in [0.29, 0.717) is 5.13 Å². The van der Waals surface area contributed by atoms with Crippen molar-refractivity contribution in [1.29, 1.82) is 0 Å². The third-order valence-electron chi connectivity index (χ3n) is 4.44. The summed E-state index contributed by atoms with van der Waals surface area (Å²) in [5, 5.41) is 12.7. The van der Waals surface area contributed by atoms with E-state index in [9.17, 15) is 14.7 Å². The van der Waals surface area contributed by atoms with Gasteiger partial charge in [0.05, 0.1) is 11.6 Å². The molecule has 1 unspecified atom stereocenters. The van der Waals surface area contributed by atoms with Crippen LogP contribution in [-0.4, -0.2) is 21.8 Å². The standard InChI is InChI=1S/C22H16N2O3S/c25-17(12-11-15-7-3-1-4-8-15)18-19(16-9-5-2-6-10-16)24(21(27)20(18)26)22-23-13-14-28-22/h1-14,19,26H/b12-11+. The van der Waals surface area contributed by atoms with Gasteiger partial charge in [0.25, 0.3) is 5.91 Å². The van der Waals surface area contributed by atoms with Gasteiger partial charge in [-0.25, -0.2) is 4.98 Å². The summed E-state index contributed by atoms with van der Waals surface area (Å²) in [7, 11) is 0. The van der Waals surface area contributed by atoms with Crippen LogP contribution in [0.1, 0.15) is 17.2 Å². The summed E-state index contributed by atoms with van der Waals surface area (Å²) in [5.74, 6) is -1.57. The molecular weight excluding hydrogens is 372 g/mol. The van der Waals surface area contributed by atoms with Crippen LogP contribution in [0.5, 0.6) is 0 Å². The number of aromatic nitrogens is 1. The van der Waals surface area contributed by atoms with Gasteiger partial charge < -0.3 is 5.11 Å². The molecule has 0 fully saturated rings. The summed E-state index contributed by atoms with van der Waals surface area (Å²) >= 11 is 1.28. The molecule has 4 rings (SSSR count). The van der Waals surface area contributed by atoms with E-state index in [1.807, 2.05) is 60.7 Å². The molecule has 3 aromatic rings. The number of ketones is 1. The van der Waals surface area contributed by atoms with Gasteiger partial charge in [-0.2, -0.15) is 0 Å². The van der Waals surface area contributed by atoms with Gasteiger partial charge in [-0.05, 0) is 17.2 Å². The SMILES string of the molecule is O=C(/C=C/c1ccccc1)C1=C(O)C(=O)N(c2nccs2)C1c1ccccc1. The third-order valence-corrected chi connectivity index (χ3v) is 5.21. The maximum absolute atomic E-state index is 13.0. The molecule has 1 aliphatic rings. The highest BCUT2D eigenvalue weighted by Gasteiger charge is 2.44. The number of carbonyl (C=O) groups is 2. The van der Waals surface area contributed by atoms with Crippen molar-refractivity contribution in [2.45, 2.75) is 6.04 Å². The Morgan fingerprint density at radius 3 is 2.39 bits per heavy atom. The fourth-order valence-corrected chi connectivity index (χ4v) is 3.83. The number of anilines is 1. The molecule has 1 atom stereocenters. The zero-order valence-corrected chi connectivity index (χ0v) is 15.5. The molecule has 0 aliphatic carbocycles. The highest BCUT2D eigenvalue weighted by Crippen LogP contribution is 2.41. The van der Waals surface area contributed by atoms with Crippen molar-refractivity contribution in [3.63, 3.8) is 0 Å². The zero-order chi connectivity index (χ0) is 19.5. The summed E-state index contributed by atoms with van der Waals surface area (Å²) in [4.78, 5) is 31.3. The van der Waals surface area contributed by atoms with E-state index < -0.39 is 23.5 Å². The molecule has 1 aliphatic heterocycles. The van der Waals surface area contributed by atoms with Gasteiger partial charge in [0.2, 0.25) is 0 Å². The first-order valence-corrected chi connectivity index (χ1v) is 9.53. The number of amides is 1. The van der Waals surface area contributed by atoms with Crippen LogP contribution in [0.2, 0.25) is 0 Å². The highest BCUT2D eigenvalue weighted by atomic mass is 32.1. The van der Waals surface area contributed by atoms with Gasteiger partial charge in [-0.3, -0.25) is 14.5 Å². The number of allylic oxidation sites excluding steroid dienone is 1. The average molecular weight is 388 g/mol. The third kappa shape index (κ3) is 3.25. The molecule has 28 heavy (non-hydrogen) atoms. The van der Waals surface area contributed by atoms with Crippen LogP contribution in [0.25, 0.3) is 6.08 Å². The smallest absolute Gasteiger partial charge is 0.296 e. The van der Waals surface area contributed by atoms with Crippen molar-refractivity contribution in [3.05, 3.63) is 101 Å². The van der Waals surface area contributed by atoms with Gasteiger partial charge in [-0.15, -0.1) is 11.3 Å². The number of hydrogen-bond donors (Lipinski definition) is 1. The van der Waals surface area contributed by atoms with Gasteiger partial charge in [0, 0.05) is 11.6 Å². The Labute approximate surface area is 165 Å². The first kappa shape index (κ1) is 17.9. The molecule has 0 saturated heterocycles. The number of thiazole rings is 1. The van der Waals surface area contributed by atoms with E-state index in [4.69, 9.17) is 0 Å². The molecule has 138 valence electrons. The molecule has 1 N–H and O–H groups in total. The predicted molar refractivity (Wildman–Crippen MR) is 109 cm³/mol. The Balaban J connectivity index is 1.76. The topological polar surface area (TPSA) is 70.5 Å². The van der Waals surface area contributed by atoms with Crippen molar-refractivity contribution in [2.24, 2.45) is 0 Å². The van der Waals surface area contributed by atoms with Crippen molar-refractivity contribution in [2.75, 3.05) is 4.90 Å². The maximum Gasteiger partial charge on any atom is 0.296 e. The van der Waals surface area contributed by atoms with E-state index >= 15 is 0 Å². The molecule has 2 aromatic carbocycles.